The molecular formula is C21H26FNO7S. The van der Waals surface area contributed by atoms with Gasteiger partial charge < -0.3 is 24.6 Å². The summed E-state index contributed by atoms with van der Waals surface area (Å²) < 4.78 is 29.9. The predicted octanol–water partition coefficient (Wildman–Crippen LogP) is 4.17. The minimum Gasteiger partial charge on any atom is -0.502 e. The second-order valence-electron chi connectivity index (χ2n) is 7.87. The highest BCUT2D eigenvalue weighted by Gasteiger charge is 2.20. The van der Waals surface area contributed by atoms with Gasteiger partial charge in [-0.05, 0) is 33.8 Å². The zero-order valence-corrected chi connectivity index (χ0v) is 18.9. The van der Waals surface area contributed by atoms with Gasteiger partial charge in [0.1, 0.15) is 11.7 Å². The van der Waals surface area contributed by atoms with Crippen molar-refractivity contribution in [3.05, 3.63) is 22.8 Å². The standard InChI is InChI=1S/C21H26FNO7S/c1-11(10-23-20(27)30-21(2,3)4)29-17(25)7-6-13(24)16-8-12-15(31-16)9-14(28-5)19(26)18(12)22/h8-9,11,26H,6-7,10H2,1-5H3,(H,23,27)/t11-/m0/s1. The van der Waals surface area contributed by atoms with Gasteiger partial charge in [0.25, 0.3) is 0 Å². The fraction of sp³-hybridized carbons (Fsp3) is 0.476. The van der Waals surface area contributed by atoms with Crippen LogP contribution in [0.2, 0.25) is 0 Å². The Morgan fingerprint density at radius 3 is 2.52 bits per heavy atom. The van der Waals surface area contributed by atoms with Gasteiger partial charge in [-0.1, -0.05) is 0 Å². The molecule has 31 heavy (non-hydrogen) atoms. The number of alkyl carbamates (subject to hydrolysis) is 1. The third kappa shape index (κ3) is 6.81. The van der Waals surface area contributed by atoms with Gasteiger partial charge in [0.2, 0.25) is 0 Å². The molecule has 0 bridgehead atoms. The van der Waals surface area contributed by atoms with E-state index in [0.29, 0.717) is 4.70 Å². The summed E-state index contributed by atoms with van der Waals surface area (Å²) in [5, 5.41) is 12.4. The number of aromatic hydroxyl groups is 1. The first-order chi connectivity index (χ1) is 14.4. The molecule has 2 aromatic rings. The molecule has 10 heteroatoms. The van der Waals surface area contributed by atoms with Crippen LogP contribution in [0.4, 0.5) is 9.18 Å². The number of phenols is 1. The summed E-state index contributed by atoms with van der Waals surface area (Å²) in [4.78, 5) is 36.3. The lowest BCUT2D eigenvalue weighted by atomic mass is 10.1. The molecular weight excluding hydrogens is 429 g/mol. The number of carbonyl (C=O) groups is 3. The minimum absolute atomic E-state index is 0.0246. The highest BCUT2D eigenvalue weighted by atomic mass is 32.1. The Morgan fingerprint density at radius 1 is 1.23 bits per heavy atom. The quantitative estimate of drug-likeness (QED) is 0.454. The predicted molar refractivity (Wildman–Crippen MR) is 113 cm³/mol. The Labute approximate surface area is 183 Å². The number of fused-ring (bicyclic) bond motifs is 1. The Balaban J connectivity index is 1.87. The molecule has 0 aliphatic carbocycles. The summed E-state index contributed by atoms with van der Waals surface area (Å²) in [5.74, 6) is -2.46. The van der Waals surface area contributed by atoms with Crippen LogP contribution in [0.25, 0.3) is 10.1 Å². The summed E-state index contributed by atoms with van der Waals surface area (Å²) in [6.45, 7) is 6.87. The van der Waals surface area contributed by atoms with Gasteiger partial charge in [0, 0.05) is 22.6 Å². The number of halogens is 1. The smallest absolute Gasteiger partial charge is 0.407 e. The van der Waals surface area contributed by atoms with Crippen molar-refractivity contribution in [3.63, 3.8) is 0 Å². The van der Waals surface area contributed by atoms with Crippen LogP contribution < -0.4 is 10.1 Å². The maximum atomic E-state index is 14.3. The number of hydrogen-bond acceptors (Lipinski definition) is 8. The molecule has 0 saturated heterocycles. The normalized spacial score (nSPS) is 12.3. The molecule has 0 spiro atoms. The number of thiophene rings is 1. The first-order valence-corrected chi connectivity index (χ1v) is 10.4. The zero-order valence-electron chi connectivity index (χ0n) is 18.0. The summed E-state index contributed by atoms with van der Waals surface area (Å²) in [6, 6.07) is 2.79. The maximum Gasteiger partial charge on any atom is 0.407 e. The van der Waals surface area contributed by atoms with Crippen molar-refractivity contribution in [1.29, 1.82) is 0 Å². The van der Waals surface area contributed by atoms with Crippen LogP contribution in [-0.4, -0.2) is 48.3 Å². The topological polar surface area (TPSA) is 111 Å². The number of Topliss-reactive ketones (excluding diaryl/α,β-unsaturated/α-hetero) is 1. The lowest BCUT2D eigenvalue weighted by Gasteiger charge is -2.20. The monoisotopic (exact) mass is 455 g/mol. The third-order valence-electron chi connectivity index (χ3n) is 4.02. The Morgan fingerprint density at radius 2 is 1.90 bits per heavy atom. The number of hydrogen-bond donors (Lipinski definition) is 2. The molecule has 0 fully saturated rings. The fourth-order valence-electron chi connectivity index (χ4n) is 2.61. The SMILES string of the molecule is COc1cc2sc(C(=O)CCC(=O)O[C@@H](C)CNC(=O)OC(C)(C)C)cc2c(F)c1O. The van der Waals surface area contributed by atoms with Crippen LogP contribution in [0.15, 0.2) is 12.1 Å². The van der Waals surface area contributed by atoms with E-state index in [2.05, 4.69) is 5.32 Å². The molecule has 2 N–H and O–H groups in total. The van der Waals surface area contributed by atoms with Gasteiger partial charge >= 0.3 is 12.1 Å². The average molecular weight is 456 g/mol. The van der Waals surface area contributed by atoms with Crippen molar-refractivity contribution < 1.29 is 38.1 Å². The van der Waals surface area contributed by atoms with Crippen molar-refractivity contribution in [3.8, 4) is 11.5 Å². The molecule has 1 amide bonds. The van der Waals surface area contributed by atoms with Crippen molar-refractivity contribution in [2.45, 2.75) is 52.2 Å². The number of ketones is 1. The van der Waals surface area contributed by atoms with Crippen LogP contribution in [0, 0.1) is 5.82 Å². The Bertz CT molecular complexity index is 980. The number of rotatable bonds is 8. The molecule has 0 saturated carbocycles. The number of nitrogens with one attached hydrogen (secondary N) is 1. The Kier molecular flexibility index (Phi) is 7.83. The summed E-state index contributed by atoms with van der Waals surface area (Å²) in [6.07, 6.45) is -1.52. The molecule has 0 aliphatic heterocycles. The van der Waals surface area contributed by atoms with Gasteiger partial charge in [0.05, 0.1) is 25.0 Å². The van der Waals surface area contributed by atoms with Crippen LogP contribution in [0.5, 0.6) is 11.5 Å². The highest BCUT2D eigenvalue weighted by molar-refractivity contribution is 7.20. The highest BCUT2D eigenvalue weighted by Crippen LogP contribution is 2.39. The van der Waals surface area contributed by atoms with E-state index >= 15 is 0 Å². The van der Waals surface area contributed by atoms with Gasteiger partial charge in [-0.3, -0.25) is 9.59 Å². The van der Waals surface area contributed by atoms with Crippen LogP contribution in [0.1, 0.15) is 50.2 Å². The van der Waals surface area contributed by atoms with E-state index in [9.17, 15) is 23.9 Å². The number of methoxy groups -OCH3 is 1. The van der Waals surface area contributed by atoms with E-state index in [1.165, 1.54) is 19.2 Å². The molecule has 0 unspecified atom stereocenters. The largest absolute Gasteiger partial charge is 0.502 e. The molecule has 2 rings (SSSR count). The average Bonchev–Trinajstić information content (AvgIpc) is 3.10. The van der Waals surface area contributed by atoms with E-state index in [4.69, 9.17) is 14.2 Å². The summed E-state index contributed by atoms with van der Waals surface area (Å²) in [5.41, 5.74) is -0.635. The van der Waals surface area contributed by atoms with Gasteiger partial charge in [-0.15, -0.1) is 11.3 Å². The second kappa shape index (κ2) is 9.95. The Hall–Kier alpha value is -2.88. The molecule has 1 atom stereocenters. The lowest BCUT2D eigenvalue weighted by molar-refractivity contribution is -0.148. The van der Waals surface area contributed by atoms with E-state index < -0.39 is 35.3 Å². The van der Waals surface area contributed by atoms with E-state index in [1.54, 1.807) is 27.7 Å². The van der Waals surface area contributed by atoms with Crippen molar-refractivity contribution in [2.24, 2.45) is 0 Å². The summed E-state index contributed by atoms with van der Waals surface area (Å²) in [7, 11) is 1.30. The first kappa shape index (κ1) is 24.4. The molecule has 8 nitrogen and oxygen atoms in total. The molecule has 1 aromatic carbocycles. The van der Waals surface area contributed by atoms with Gasteiger partial charge in [-0.2, -0.15) is 0 Å². The minimum atomic E-state index is -0.865. The number of esters is 1. The maximum absolute atomic E-state index is 14.3. The molecule has 0 aliphatic rings. The number of amides is 1. The van der Waals surface area contributed by atoms with Crippen molar-refractivity contribution in [2.75, 3.05) is 13.7 Å². The van der Waals surface area contributed by atoms with Crippen LogP contribution in [0.3, 0.4) is 0 Å². The molecule has 1 heterocycles. The summed E-state index contributed by atoms with van der Waals surface area (Å²) >= 11 is 1.04. The van der Waals surface area contributed by atoms with E-state index in [-0.39, 0.29) is 41.2 Å². The first-order valence-electron chi connectivity index (χ1n) is 9.59. The van der Waals surface area contributed by atoms with E-state index in [1.807, 2.05) is 0 Å². The van der Waals surface area contributed by atoms with Crippen LogP contribution in [-0.2, 0) is 14.3 Å². The van der Waals surface area contributed by atoms with Crippen LogP contribution >= 0.6 is 11.3 Å². The van der Waals surface area contributed by atoms with Gasteiger partial charge in [-0.25, -0.2) is 9.18 Å². The van der Waals surface area contributed by atoms with Gasteiger partial charge in [0.15, 0.2) is 23.1 Å². The number of phenolic OH excluding ortho intramolecular Hbond substituents is 1. The number of benzene rings is 1. The fourth-order valence-corrected chi connectivity index (χ4v) is 3.66. The van der Waals surface area contributed by atoms with Crippen molar-refractivity contribution >= 4 is 39.3 Å². The van der Waals surface area contributed by atoms with E-state index in [0.717, 1.165) is 11.3 Å². The molecule has 0 radical (unpaired) electrons. The number of ether oxygens (including phenoxy) is 3. The lowest BCUT2D eigenvalue weighted by Crippen LogP contribution is -2.37. The van der Waals surface area contributed by atoms with Crippen molar-refractivity contribution in [1.82, 2.24) is 5.32 Å². The third-order valence-corrected chi connectivity index (χ3v) is 5.14. The molecule has 170 valence electrons. The molecule has 1 aromatic heterocycles. The number of carbonyl (C=O) groups excluding carboxylic acids is 3. The second-order valence-corrected chi connectivity index (χ2v) is 8.95. The zero-order chi connectivity index (χ0) is 23.3.